The molecule has 7 nitrogen and oxygen atoms in total. The van der Waals surface area contributed by atoms with Crippen molar-refractivity contribution >= 4 is 38.4 Å². The zero-order valence-electron chi connectivity index (χ0n) is 17.5. The van der Waals surface area contributed by atoms with Crippen molar-refractivity contribution in [2.75, 3.05) is 12.0 Å². The molecule has 0 spiro atoms. The van der Waals surface area contributed by atoms with E-state index in [2.05, 4.69) is 4.98 Å². The molecule has 0 saturated carbocycles. The summed E-state index contributed by atoms with van der Waals surface area (Å²) in [5.41, 5.74) is 0.475. The molecule has 4 rings (SSSR count). The van der Waals surface area contributed by atoms with Crippen LogP contribution in [0.1, 0.15) is 32.4 Å². The van der Waals surface area contributed by atoms with Crippen LogP contribution < -0.4 is 9.64 Å². The van der Waals surface area contributed by atoms with Gasteiger partial charge >= 0.3 is 0 Å². The maximum absolute atomic E-state index is 13.2. The minimum Gasteiger partial charge on any atom is -0.508 e. The van der Waals surface area contributed by atoms with Crippen LogP contribution in [-0.4, -0.2) is 34.0 Å². The van der Waals surface area contributed by atoms with E-state index >= 15 is 0 Å². The molecule has 2 N–H and O–H groups in total. The first kappa shape index (κ1) is 20.9. The molecule has 160 valence electrons. The van der Waals surface area contributed by atoms with E-state index in [-0.39, 0.29) is 17.1 Å². The molecule has 1 aliphatic heterocycles. The number of ether oxygens (including phenoxy) is 1. The van der Waals surface area contributed by atoms with E-state index < -0.39 is 23.1 Å². The molecule has 0 bridgehead atoms. The maximum Gasteiger partial charge on any atom is 0.296 e. The third-order valence-corrected chi connectivity index (χ3v) is 6.15. The highest BCUT2D eigenvalue weighted by molar-refractivity contribution is 7.22. The molecule has 0 radical (unpaired) electrons. The molecule has 0 saturated heterocycles. The molecule has 1 aromatic heterocycles. The lowest BCUT2D eigenvalue weighted by Crippen LogP contribution is -2.32. The average molecular weight is 439 g/mol. The summed E-state index contributed by atoms with van der Waals surface area (Å²) < 4.78 is 6.07. The number of amides is 1. The largest absolute Gasteiger partial charge is 0.508 e. The van der Waals surface area contributed by atoms with Crippen molar-refractivity contribution in [3.63, 3.8) is 0 Å². The number of phenolic OH excluding ortho intramolecular Hbond substituents is 1. The molecule has 1 atom stereocenters. The van der Waals surface area contributed by atoms with E-state index in [0.29, 0.717) is 22.0 Å². The number of phenols is 1. The van der Waals surface area contributed by atoms with Crippen LogP contribution in [0.5, 0.6) is 11.5 Å². The Kier molecular flexibility index (Phi) is 4.97. The van der Waals surface area contributed by atoms with Gasteiger partial charge in [-0.05, 0) is 35.9 Å². The Bertz CT molecular complexity index is 1220. The predicted molar refractivity (Wildman–Crippen MR) is 119 cm³/mol. The Morgan fingerprint density at radius 2 is 1.81 bits per heavy atom. The van der Waals surface area contributed by atoms with Gasteiger partial charge in [0.05, 0.1) is 28.9 Å². The van der Waals surface area contributed by atoms with Crippen molar-refractivity contribution in [2.24, 2.45) is 5.41 Å². The number of anilines is 1. The Labute approximate surface area is 183 Å². The Morgan fingerprint density at radius 3 is 2.42 bits per heavy atom. The second-order valence-corrected chi connectivity index (χ2v) is 9.35. The lowest BCUT2D eigenvalue weighted by atomic mass is 9.82. The zero-order valence-corrected chi connectivity index (χ0v) is 18.4. The van der Waals surface area contributed by atoms with Gasteiger partial charge in [0.2, 0.25) is 0 Å². The third-order valence-electron chi connectivity index (χ3n) is 5.13. The number of nitrogens with zero attached hydrogens (tertiary/aromatic N) is 2. The molecule has 1 aliphatic rings. The average Bonchev–Trinajstić information content (AvgIpc) is 3.25. The standard InChI is InChI=1S/C23H22N2O5S/c1-23(2,3)20(28)17-18(12-5-7-13(26)8-6-12)25(21(29)19(17)27)22-24-15-10-9-14(30-4)11-16(15)31-22/h5-11,18,26-27H,1-4H3. The number of aromatic nitrogens is 1. The fraction of sp³-hybridized carbons (Fsp3) is 0.261. The van der Waals surface area contributed by atoms with Crippen LogP contribution in [0.15, 0.2) is 53.8 Å². The van der Waals surface area contributed by atoms with Crippen molar-refractivity contribution < 1.29 is 24.5 Å². The summed E-state index contributed by atoms with van der Waals surface area (Å²) in [6.07, 6.45) is 0. The Balaban J connectivity index is 1.89. The second-order valence-electron chi connectivity index (χ2n) is 8.34. The van der Waals surface area contributed by atoms with Gasteiger partial charge in [0, 0.05) is 5.41 Å². The van der Waals surface area contributed by atoms with Crippen molar-refractivity contribution in [1.29, 1.82) is 0 Å². The number of methoxy groups -OCH3 is 1. The van der Waals surface area contributed by atoms with Crippen LogP contribution >= 0.6 is 11.3 Å². The van der Waals surface area contributed by atoms with Gasteiger partial charge in [0.25, 0.3) is 5.91 Å². The van der Waals surface area contributed by atoms with E-state index in [1.807, 2.05) is 6.07 Å². The van der Waals surface area contributed by atoms with Crippen LogP contribution in [0.4, 0.5) is 5.13 Å². The summed E-state index contributed by atoms with van der Waals surface area (Å²) in [6, 6.07) is 10.8. The summed E-state index contributed by atoms with van der Waals surface area (Å²) in [6.45, 7) is 5.21. The first-order chi connectivity index (χ1) is 14.6. The van der Waals surface area contributed by atoms with Crippen molar-refractivity contribution in [1.82, 2.24) is 4.98 Å². The van der Waals surface area contributed by atoms with Crippen molar-refractivity contribution in [2.45, 2.75) is 26.8 Å². The SMILES string of the molecule is COc1ccc2nc(N3C(=O)C(O)=C(C(=O)C(C)(C)C)C3c3ccc(O)cc3)sc2c1. The Hall–Kier alpha value is -3.39. The van der Waals surface area contributed by atoms with E-state index in [1.54, 1.807) is 52.1 Å². The molecule has 0 fully saturated rings. The first-order valence-corrected chi connectivity index (χ1v) is 10.5. The summed E-state index contributed by atoms with van der Waals surface area (Å²) in [4.78, 5) is 32.3. The highest BCUT2D eigenvalue weighted by Crippen LogP contribution is 2.45. The number of hydrogen-bond donors (Lipinski definition) is 2. The van der Waals surface area contributed by atoms with Gasteiger partial charge in [-0.2, -0.15) is 0 Å². The topological polar surface area (TPSA) is 100.0 Å². The minimum absolute atomic E-state index is 0.0278. The molecular formula is C23H22N2O5S. The molecule has 8 heteroatoms. The fourth-order valence-electron chi connectivity index (χ4n) is 3.53. The van der Waals surface area contributed by atoms with Gasteiger partial charge in [-0.25, -0.2) is 4.98 Å². The number of benzene rings is 2. The smallest absolute Gasteiger partial charge is 0.296 e. The predicted octanol–water partition coefficient (Wildman–Crippen LogP) is 4.53. The number of hydrogen-bond acceptors (Lipinski definition) is 7. The quantitative estimate of drug-likeness (QED) is 0.621. The number of carbonyl (C=O) groups excluding carboxylic acids is 2. The summed E-state index contributed by atoms with van der Waals surface area (Å²) in [7, 11) is 1.57. The number of fused-ring (bicyclic) bond motifs is 1. The number of aromatic hydroxyl groups is 1. The molecular weight excluding hydrogens is 416 g/mol. The number of aliphatic hydroxyl groups excluding tert-OH is 1. The van der Waals surface area contributed by atoms with Crippen LogP contribution in [0, 0.1) is 5.41 Å². The van der Waals surface area contributed by atoms with E-state index in [9.17, 15) is 19.8 Å². The number of carbonyl (C=O) groups is 2. The van der Waals surface area contributed by atoms with E-state index in [4.69, 9.17) is 4.74 Å². The van der Waals surface area contributed by atoms with Crippen LogP contribution in [0.3, 0.4) is 0 Å². The van der Waals surface area contributed by atoms with Crippen LogP contribution in [-0.2, 0) is 9.59 Å². The highest BCUT2D eigenvalue weighted by Gasteiger charge is 2.47. The third kappa shape index (κ3) is 3.53. The van der Waals surface area contributed by atoms with Crippen molar-refractivity contribution in [3.8, 4) is 11.5 Å². The number of Topliss-reactive ketones (excluding diaryl/α,β-unsaturated/α-hetero) is 1. The van der Waals surface area contributed by atoms with E-state index in [1.165, 1.54) is 28.4 Å². The number of aliphatic hydroxyl groups is 1. The molecule has 2 heterocycles. The lowest BCUT2D eigenvalue weighted by molar-refractivity contribution is -0.123. The van der Waals surface area contributed by atoms with Crippen molar-refractivity contribution in [3.05, 3.63) is 59.4 Å². The molecule has 3 aromatic rings. The lowest BCUT2D eigenvalue weighted by Gasteiger charge is -2.27. The maximum atomic E-state index is 13.2. The zero-order chi connectivity index (χ0) is 22.5. The van der Waals surface area contributed by atoms with Gasteiger partial charge in [0.15, 0.2) is 16.7 Å². The van der Waals surface area contributed by atoms with Crippen LogP contribution in [0.25, 0.3) is 10.2 Å². The molecule has 31 heavy (non-hydrogen) atoms. The van der Waals surface area contributed by atoms with E-state index in [0.717, 1.165) is 4.70 Å². The van der Waals surface area contributed by atoms with Gasteiger partial charge in [-0.1, -0.05) is 44.2 Å². The first-order valence-electron chi connectivity index (χ1n) is 9.67. The molecule has 0 aliphatic carbocycles. The second kappa shape index (κ2) is 7.39. The normalized spacial score (nSPS) is 17.0. The van der Waals surface area contributed by atoms with Gasteiger partial charge in [-0.3, -0.25) is 14.5 Å². The molecule has 2 aromatic carbocycles. The fourth-order valence-corrected chi connectivity index (χ4v) is 4.55. The molecule has 1 amide bonds. The van der Waals surface area contributed by atoms with Gasteiger partial charge < -0.3 is 14.9 Å². The number of ketones is 1. The minimum atomic E-state index is -0.859. The van der Waals surface area contributed by atoms with Gasteiger partial charge in [0.1, 0.15) is 11.5 Å². The van der Waals surface area contributed by atoms with Gasteiger partial charge in [-0.15, -0.1) is 0 Å². The summed E-state index contributed by atoms with van der Waals surface area (Å²) in [5, 5.41) is 20.8. The van der Waals surface area contributed by atoms with Crippen LogP contribution in [0.2, 0.25) is 0 Å². The Morgan fingerprint density at radius 1 is 1.13 bits per heavy atom. The highest BCUT2D eigenvalue weighted by atomic mass is 32.1. The monoisotopic (exact) mass is 438 g/mol. The summed E-state index contributed by atoms with van der Waals surface area (Å²) in [5.74, 6) is -0.869. The molecule has 1 unspecified atom stereocenters. The summed E-state index contributed by atoms with van der Waals surface area (Å²) >= 11 is 1.27. The number of thiazole rings is 1. The number of rotatable bonds is 4.